The minimum atomic E-state index is -0.674. The molecule has 3 aliphatic rings. The van der Waals surface area contributed by atoms with Gasteiger partial charge in [0.25, 0.3) is 0 Å². The number of ether oxygens (including phenoxy) is 2. The van der Waals surface area contributed by atoms with Crippen LogP contribution in [-0.2, 0) is 19.1 Å². The summed E-state index contributed by atoms with van der Waals surface area (Å²) in [5, 5.41) is 20.4. The van der Waals surface area contributed by atoms with E-state index in [0.717, 1.165) is 77.0 Å². The molecule has 2 saturated carbocycles. The number of rotatable bonds is 14. The minimum absolute atomic E-state index is 0.0136. The van der Waals surface area contributed by atoms with E-state index in [1.807, 2.05) is 6.92 Å². The highest BCUT2D eigenvalue weighted by molar-refractivity contribution is 5.91. The molecule has 6 unspecified atom stereocenters. The van der Waals surface area contributed by atoms with Crippen molar-refractivity contribution in [3.63, 3.8) is 0 Å². The standard InChI is InChI=1S/C38H64O6/c1-26(2)10-9-20-38(8,42)30-15-13-29(14-16-30)25-43-34(40)22-35(41)44-31-23-36(5,6)33-18-12-28(4)32(37(33,7)24-31)17-11-27(3)19-21-39/h10,12,27,29-33,39,42H,9,11,13-25H2,1-8H3. The average molecular weight is 617 g/mol. The summed E-state index contributed by atoms with van der Waals surface area (Å²) in [6, 6.07) is 0. The zero-order chi connectivity index (χ0) is 32.7. The molecule has 3 rings (SSSR count). The first-order chi connectivity index (χ1) is 20.6. The molecule has 0 bridgehead atoms. The Labute approximate surface area is 268 Å². The van der Waals surface area contributed by atoms with Crippen LogP contribution < -0.4 is 0 Å². The fourth-order valence-electron chi connectivity index (χ4n) is 9.14. The number of carbonyl (C=O) groups is 2. The van der Waals surface area contributed by atoms with Crippen molar-refractivity contribution in [3.05, 3.63) is 23.3 Å². The predicted molar refractivity (Wildman–Crippen MR) is 177 cm³/mol. The molecule has 0 aromatic rings. The van der Waals surface area contributed by atoms with Crippen molar-refractivity contribution in [1.29, 1.82) is 0 Å². The highest BCUT2D eigenvalue weighted by Gasteiger charge is 2.55. The van der Waals surface area contributed by atoms with Crippen LogP contribution in [0.2, 0.25) is 0 Å². The number of esters is 2. The van der Waals surface area contributed by atoms with E-state index in [4.69, 9.17) is 9.47 Å². The molecule has 0 aromatic carbocycles. The smallest absolute Gasteiger partial charge is 0.317 e. The Balaban J connectivity index is 1.48. The summed E-state index contributed by atoms with van der Waals surface area (Å²) in [6.07, 6.45) is 15.1. The quantitative estimate of drug-likeness (QED) is 0.116. The van der Waals surface area contributed by atoms with Crippen LogP contribution in [0.25, 0.3) is 0 Å². The van der Waals surface area contributed by atoms with Crippen molar-refractivity contribution in [2.24, 2.45) is 40.4 Å². The Bertz CT molecular complexity index is 1010. The van der Waals surface area contributed by atoms with Gasteiger partial charge in [0.1, 0.15) is 12.5 Å². The van der Waals surface area contributed by atoms with Gasteiger partial charge in [-0.1, -0.05) is 57.4 Å². The fraction of sp³-hybridized carbons (Fsp3) is 0.842. The van der Waals surface area contributed by atoms with Gasteiger partial charge in [0.2, 0.25) is 0 Å². The molecule has 2 N–H and O–H groups in total. The third-order valence-corrected chi connectivity index (χ3v) is 11.7. The van der Waals surface area contributed by atoms with Gasteiger partial charge in [-0.2, -0.15) is 0 Å². The van der Waals surface area contributed by atoms with Crippen LogP contribution in [0, 0.1) is 40.4 Å². The molecular formula is C38H64O6. The maximum atomic E-state index is 13.0. The number of hydrogen-bond donors (Lipinski definition) is 2. The van der Waals surface area contributed by atoms with Crippen LogP contribution in [-0.4, -0.2) is 47.1 Å². The Morgan fingerprint density at radius 2 is 1.77 bits per heavy atom. The number of hydrogen-bond acceptors (Lipinski definition) is 6. The average Bonchev–Trinajstić information content (AvgIpc) is 2.90. The minimum Gasteiger partial charge on any atom is -0.465 e. The van der Waals surface area contributed by atoms with Crippen LogP contribution >= 0.6 is 0 Å². The number of allylic oxidation sites excluding steroid dienone is 4. The van der Waals surface area contributed by atoms with E-state index in [0.29, 0.717) is 24.4 Å². The van der Waals surface area contributed by atoms with Crippen molar-refractivity contribution in [2.45, 2.75) is 151 Å². The first-order valence-electron chi connectivity index (χ1n) is 17.6. The molecule has 0 aliphatic heterocycles. The summed E-state index contributed by atoms with van der Waals surface area (Å²) >= 11 is 0. The SMILES string of the molecule is CC(C)=CCCC(C)(O)C1CCC(COC(=O)CC(=O)OC2CC(C)(C)C3CC=C(C)C(CCC(C)CCO)C3(C)C2)CC1. The molecule has 6 atom stereocenters. The van der Waals surface area contributed by atoms with E-state index in [1.165, 1.54) is 11.1 Å². The normalized spacial score (nSPS) is 32.0. The number of fused-ring (bicyclic) bond motifs is 1. The van der Waals surface area contributed by atoms with Crippen molar-refractivity contribution < 1.29 is 29.3 Å². The molecule has 0 aromatic heterocycles. The first kappa shape index (κ1) is 36.8. The molecular weight excluding hydrogens is 552 g/mol. The predicted octanol–water partition coefficient (Wildman–Crippen LogP) is 8.34. The van der Waals surface area contributed by atoms with Crippen LogP contribution in [0.1, 0.15) is 139 Å². The summed E-state index contributed by atoms with van der Waals surface area (Å²) in [5.74, 6) is 0.966. The highest BCUT2D eigenvalue weighted by atomic mass is 16.6. The van der Waals surface area contributed by atoms with Crippen LogP contribution in [0.15, 0.2) is 23.3 Å². The van der Waals surface area contributed by atoms with Gasteiger partial charge in [0.05, 0.1) is 12.2 Å². The molecule has 0 spiro atoms. The van der Waals surface area contributed by atoms with E-state index >= 15 is 0 Å². The van der Waals surface area contributed by atoms with Gasteiger partial charge in [-0.3, -0.25) is 9.59 Å². The lowest BCUT2D eigenvalue weighted by atomic mass is 9.47. The van der Waals surface area contributed by atoms with E-state index in [2.05, 4.69) is 60.6 Å². The summed E-state index contributed by atoms with van der Waals surface area (Å²) < 4.78 is 11.6. The molecule has 6 nitrogen and oxygen atoms in total. The van der Waals surface area contributed by atoms with Gasteiger partial charge < -0.3 is 19.7 Å². The zero-order valence-electron chi connectivity index (χ0n) is 29.3. The summed E-state index contributed by atoms with van der Waals surface area (Å²) in [5.41, 5.74) is 2.07. The lowest BCUT2D eigenvalue weighted by Crippen LogP contribution is -2.53. The number of aliphatic hydroxyl groups excluding tert-OH is 1. The summed E-state index contributed by atoms with van der Waals surface area (Å²) in [4.78, 5) is 25.6. The molecule has 0 radical (unpaired) electrons. The van der Waals surface area contributed by atoms with Gasteiger partial charge >= 0.3 is 11.9 Å². The Morgan fingerprint density at radius 3 is 2.41 bits per heavy atom. The van der Waals surface area contributed by atoms with Gasteiger partial charge in [0.15, 0.2) is 0 Å². The molecule has 0 saturated heterocycles. The van der Waals surface area contributed by atoms with Crippen LogP contribution in [0.5, 0.6) is 0 Å². The van der Waals surface area contributed by atoms with Crippen molar-refractivity contribution in [1.82, 2.24) is 0 Å². The third kappa shape index (κ3) is 9.92. The lowest BCUT2D eigenvalue weighted by Gasteiger charge is -2.58. The highest BCUT2D eigenvalue weighted by Crippen LogP contribution is 2.61. The Kier molecular flexibility index (Phi) is 13.2. The molecule has 6 heteroatoms. The van der Waals surface area contributed by atoms with Gasteiger partial charge in [-0.05, 0) is 139 Å². The van der Waals surface area contributed by atoms with E-state index in [1.54, 1.807) is 0 Å². The molecule has 2 fully saturated rings. The van der Waals surface area contributed by atoms with Crippen molar-refractivity contribution in [3.8, 4) is 0 Å². The summed E-state index contributed by atoms with van der Waals surface area (Å²) in [7, 11) is 0. The van der Waals surface area contributed by atoms with Gasteiger partial charge in [-0.25, -0.2) is 0 Å². The first-order valence-corrected chi connectivity index (χ1v) is 17.6. The maximum Gasteiger partial charge on any atom is 0.317 e. The molecule has 3 aliphatic carbocycles. The molecule has 0 heterocycles. The zero-order valence-corrected chi connectivity index (χ0v) is 29.3. The van der Waals surface area contributed by atoms with E-state index in [9.17, 15) is 19.8 Å². The van der Waals surface area contributed by atoms with Crippen LogP contribution in [0.3, 0.4) is 0 Å². The number of carbonyl (C=O) groups excluding carboxylic acids is 2. The largest absolute Gasteiger partial charge is 0.465 e. The summed E-state index contributed by atoms with van der Waals surface area (Å²) in [6.45, 7) is 18.2. The van der Waals surface area contributed by atoms with Crippen LogP contribution in [0.4, 0.5) is 0 Å². The molecule has 0 amide bonds. The second-order valence-electron chi connectivity index (χ2n) is 16.3. The maximum absolute atomic E-state index is 13.0. The fourth-order valence-corrected chi connectivity index (χ4v) is 9.14. The van der Waals surface area contributed by atoms with E-state index < -0.39 is 17.5 Å². The topological polar surface area (TPSA) is 93.1 Å². The van der Waals surface area contributed by atoms with Gasteiger partial charge in [-0.15, -0.1) is 0 Å². The van der Waals surface area contributed by atoms with Gasteiger partial charge in [0, 0.05) is 6.61 Å². The van der Waals surface area contributed by atoms with Crippen molar-refractivity contribution in [2.75, 3.05) is 13.2 Å². The third-order valence-electron chi connectivity index (χ3n) is 11.7. The Morgan fingerprint density at radius 1 is 1.09 bits per heavy atom. The van der Waals surface area contributed by atoms with E-state index in [-0.39, 0.29) is 41.8 Å². The second kappa shape index (κ2) is 15.8. The molecule has 252 valence electrons. The molecule has 44 heavy (non-hydrogen) atoms. The second-order valence-corrected chi connectivity index (χ2v) is 16.3. The lowest BCUT2D eigenvalue weighted by molar-refractivity contribution is -0.168. The van der Waals surface area contributed by atoms with Crippen molar-refractivity contribution >= 4 is 11.9 Å². The monoisotopic (exact) mass is 616 g/mol. The Hall–Kier alpha value is -1.66. The number of aliphatic hydroxyl groups is 2.